The van der Waals surface area contributed by atoms with Crippen LogP contribution in [-0.4, -0.2) is 11.9 Å². The van der Waals surface area contributed by atoms with E-state index in [0.717, 1.165) is 12.8 Å². The van der Waals surface area contributed by atoms with Gasteiger partial charge in [-0.25, -0.2) is 4.39 Å². The predicted octanol–water partition coefficient (Wildman–Crippen LogP) is 4.55. The molecule has 0 aromatic heterocycles. The molecule has 4 heteroatoms. The first kappa shape index (κ1) is 16.5. The smallest absolute Gasteiger partial charge is 0.221 e. The van der Waals surface area contributed by atoms with Gasteiger partial charge in [-0.1, -0.05) is 32.6 Å². The standard InChI is InChI=1S/C16H25FN2O/c1-4-5-6-7-8-12(2)18-16-11-14(19-13(3)20)9-10-15(16)17/h9-12,18H,4-8H2,1-3H3,(H,19,20). The minimum Gasteiger partial charge on any atom is -0.380 e. The highest BCUT2D eigenvalue weighted by molar-refractivity contribution is 5.89. The summed E-state index contributed by atoms with van der Waals surface area (Å²) in [5.41, 5.74) is 1.05. The van der Waals surface area contributed by atoms with Crippen LogP contribution in [0, 0.1) is 5.82 Å². The molecule has 1 atom stereocenters. The van der Waals surface area contributed by atoms with Crippen LogP contribution in [-0.2, 0) is 4.79 Å². The number of amides is 1. The number of anilines is 2. The largest absolute Gasteiger partial charge is 0.380 e. The minimum absolute atomic E-state index is 0.157. The molecule has 0 spiro atoms. The van der Waals surface area contributed by atoms with Crippen LogP contribution < -0.4 is 10.6 Å². The molecule has 0 aliphatic rings. The van der Waals surface area contributed by atoms with Crippen LogP contribution >= 0.6 is 0 Å². The van der Waals surface area contributed by atoms with Gasteiger partial charge in [-0.3, -0.25) is 4.79 Å². The van der Waals surface area contributed by atoms with Crippen molar-refractivity contribution in [3.8, 4) is 0 Å². The van der Waals surface area contributed by atoms with Gasteiger partial charge in [-0.05, 0) is 31.5 Å². The molecule has 1 rings (SSSR count). The molecule has 0 bridgehead atoms. The summed E-state index contributed by atoms with van der Waals surface area (Å²) in [6, 6.07) is 4.79. The average molecular weight is 280 g/mol. The molecule has 0 radical (unpaired) electrons. The van der Waals surface area contributed by atoms with Crippen molar-refractivity contribution in [2.45, 2.75) is 58.9 Å². The molecule has 1 amide bonds. The Balaban J connectivity index is 2.54. The fourth-order valence-electron chi connectivity index (χ4n) is 2.13. The summed E-state index contributed by atoms with van der Waals surface area (Å²) < 4.78 is 13.7. The maximum atomic E-state index is 13.7. The predicted molar refractivity (Wildman–Crippen MR) is 82.5 cm³/mol. The second kappa shape index (κ2) is 8.56. The van der Waals surface area contributed by atoms with Crippen LogP contribution in [0.5, 0.6) is 0 Å². The van der Waals surface area contributed by atoms with E-state index in [-0.39, 0.29) is 17.8 Å². The van der Waals surface area contributed by atoms with Gasteiger partial charge in [0.15, 0.2) is 0 Å². The summed E-state index contributed by atoms with van der Waals surface area (Å²) >= 11 is 0. The van der Waals surface area contributed by atoms with Gasteiger partial charge in [0.2, 0.25) is 5.91 Å². The van der Waals surface area contributed by atoms with Gasteiger partial charge in [-0.2, -0.15) is 0 Å². The monoisotopic (exact) mass is 280 g/mol. The molecule has 0 saturated heterocycles. The molecule has 0 heterocycles. The summed E-state index contributed by atoms with van der Waals surface area (Å²) in [7, 11) is 0. The van der Waals surface area contributed by atoms with Gasteiger partial charge < -0.3 is 10.6 Å². The zero-order chi connectivity index (χ0) is 15.0. The van der Waals surface area contributed by atoms with Crippen LogP contribution in [0.3, 0.4) is 0 Å². The number of benzene rings is 1. The molecule has 1 aromatic carbocycles. The van der Waals surface area contributed by atoms with E-state index < -0.39 is 0 Å². The molecule has 0 aliphatic heterocycles. The zero-order valence-electron chi connectivity index (χ0n) is 12.6. The van der Waals surface area contributed by atoms with E-state index in [1.54, 1.807) is 12.1 Å². The lowest BCUT2D eigenvalue weighted by molar-refractivity contribution is -0.114. The Hall–Kier alpha value is -1.58. The lowest BCUT2D eigenvalue weighted by Crippen LogP contribution is -2.16. The van der Waals surface area contributed by atoms with Crippen molar-refractivity contribution in [3.63, 3.8) is 0 Å². The third-order valence-corrected chi connectivity index (χ3v) is 3.18. The van der Waals surface area contributed by atoms with Crippen molar-refractivity contribution in [2.24, 2.45) is 0 Å². The quantitative estimate of drug-likeness (QED) is 0.686. The zero-order valence-corrected chi connectivity index (χ0v) is 12.6. The number of hydrogen-bond donors (Lipinski definition) is 2. The molecule has 1 unspecified atom stereocenters. The third-order valence-electron chi connectivity index (χ3n) is 3.18. The minimum atomic E-state index is -0.292. The summed E-state index contributed by atoms with van der Waals surface area (Å²) in [4.78, 5) is 11.0. The molecule has 2 N–H and O–H groups in total. The van der Waals surface area contributed by atoms with Gasteiger partial charge in [0.05, 0.1) is 5.69 Å². The molecule has 3 nitrogen and oxygen atoms in total. The lowest BCUT2D eigenvalue weighted by Gasteiger charge is -2.16. The first-order chi connectivity index (χ1) is 9.52. The first-order valence-electron chi connectivity index (χ1n) is 7.36. The Morgan fingerprint density at radius 3 is 2.70 bits per heavy atom. The van der Waals surface area contributed by atoms with Gasteiger partial charge in [0, 0.05) is 18.7 Å². The molecular weight excluding hydrogens is 255 g/mol. The number of rotatable bonds is 8. The van der Waals surface area contributed by atoms with Crippen LogP contribution in [0.1, 0.15) is 52.9 Å². The summed E-state index contributed by atoms with van der Waals surface area (Å²) in [5.74, 6) is -0.449. The van der Waals surface area contributed by atoms with Crippen molar-refractivity contribution < 1.29 is 9.18 Å². The normalized spacial score (nSPS) is 12.0. The third kappa shape index (κ3) is 6.04. The summed E-state index contributed by atoms with van der Waals surface area (Å²) in [5, 5.41) is 5.83. The number of halogens is 1. The van der Waals surface area contributed by atoms with E-state index in [2.05, 4.69) is 24.5 Å². The summed E-state index contributed by atoms with van der Waals surface area (Å²) in [6.07, 6.45) is 5.85. The number of carbonyl (C=O) groups excluding carboxylic acids is 1. The molecule has 0 saturated carbocycles. The van der Waals surface area contributed by atoms with Gasteiger partial charge in [0.25, 0.3) is 0 Å². The van der Waals surface area contributed by atoms with Crippen molar-refractivity contribution in [3.05, 3.63) is 24.0 Å². The van der Waals surface area contributed by atoms with Gasteiger partial charge in [0.1, 0.15) is 5.82 Å². The molecule has 0 fully saturated rings. The SMILES string of the molecule is CCCCCCC(C)Nc1cc(NC(C)=O)ccc1F. The number of unbranched alkanes of at least 4 members (excludes halogenated alkanes) is 3. The van der Waals surface area contributed by atoms with Crippen LogP contribution in [0.15, 0.2) is 18.2 Å². The van der Waals surface area contributed by atoms with E-state index in [9.17, 15) is 9.18 Å². The first-order valence-corrected chi connectivity index (χ1v) is 7.36. The Labute approximate surface area is 121 Å². The van der Waals surface area contributed by atoms with Crippen molar-refractivity contribution in [1.29, 1.82) is 0 Å². The fourth-order valence-corrected chi connectivity index (χ4v) is 2.13. The Kier molecular flexibility index (Phi) is 7.05. The van der Waals surface area contributed by atoms with Crippen molar-refractivity contribution in [1.82, 2.24) is 0 Å². The maximum absolute atomic E-state index is 13.7. The number of carbonyl (C=O) groups is 1. The Morgan fingerprint density at radius 2 is 2.05 bits per heavy atom. The van der Waals surface area contributed by atoms with Crippen molar-refractivity contribution in [2.75, 3.05) is 10.6 Å². The molecule has 1 aromatic rings. The van der Waals surface area contributed by atoms with E-state index in [0.29, 0.717) is 11.4 Å². The highest BCUT2D eigenvalue weighted by atomic mass is 19.1. The Bertz CT molecular complexity index is 434. The Morgan fingerprint density at radius 1 is 1.30 bits per heavy atom. The lowest BCUT2D eigenvalue weighted by atomic mass is 10.1. The number of hydrogen-bond acceptors (Lipinski definition) is 2. The molecule has 0 aliphatic carbocycles. The van der Waals surface area contributed by atoms with E-state index >= 15 is 0 Å². The van der Waals surface area contributed by atoms with E-state index in [4.69, 9.17) is 0 Å². The van der Waals surface area contributed by atoms with Gasteiger partial charge >= 0.3 is 0 Å². The summed E-state index contributed by atoms with van der Waals surface area (Å²) in [6.45, 7) is 5.67. The molecular formula is C16H25FN2O. The highest BCUT2D eigenvalue weighted by Crippen LogP contribution is 2.21. The topological polar surface area (TPSA) is 41.1 Å². The van der Waals surface area contributed by atoms with Gasteiger partial charge in [-0.15, -0.1) is 0 Å². The van der Waals surface area contributed by atoms with Crippen LogP contribution in [0.2, 0.25) is 0 Å². The molecule has 20 heavy (non-hydrogen) atoms. The average Bonchev–Trinajstić information content (AvgIpc) is 2.38. The van der Waals surface area contributed by atoms with E-state index in [1.807, 2.05) is 0 Å². The second-order valence-corrected chi connectivity index (χ2v) is 5.27. The highest BCUT2D eigenvalue weighted by Gasteiger charge is 2.08. The maximum Gasteiger partial charge on any atom is 0.221 e. The van der Waals surface area contributed by atoms with E-state index in [1.165, 1.54) is 32.3 Å². The van der Waals surface area contributed by atoms with Crippen LogP contribution in [0.4, 0.5) is 15.8 Å². The van der Waals surface area contributed by atoms with Crippen LogP contribution in [0.25, 0.3) is 0 Å². The van der Waals surface area contributed by atoms with Crippen molar-refractivity contribution >= 4 is 17.3 Å². The fraction of sp³-hybridized carbons (Fsp3) is 0.562. The number of nitrogens with one attached hydrogen (secondary N) is 2. The second-order valence-electron chi connectivity index (χ2n) is 5.27. The molecule has 112 valence electrons.